The monoisotopic (exact) mass is 618 g/mol. The Balaban J connectivity index is 1.58. The maximum Gasteiger partial charge on any atom is 0.335 e. The Morgan fingerprint density at radius 3 is 2.38 bits per heavy atom. The average Bonchev–Trinajstić information content (AvgIpc) is 2.87. The normalized spacial score (nSPS) is 14.8. The Morgan fingerprint density at radius 1 is 0.892 bits per heavy atom. The first-order valence-corrected chi connectivity index (χ1v) is 13.0. The number of aryl methyl sites for hydroxylation is 1. The molecule has 0 bridgehead atoms. The predicted octanol–water partition coefficient (Wildman–Crippen LogP) is 6.92. The van der Waals surface area contributed by atoms with Gasteiger partial charge in [-0.15, -0.1) is 0 Å². The van der Waals surface area contributed by atoms with Gasteiger partial charge in [0, 0.05) is 14.5 Å². The van der Waals surface area contributed by atoms with E-state index in [0.717, 1.165) is 30.2 Å². The van der Waals surface area contributed by atoms with Crippen molar-refractivity contribution >= 4 is 72.2 Å². The molecule has 0 atom stereocenters. The zero-order valence-electron chi connectivity index (χ0n) is 19.6. The van der Waals surface area contributed by atoms with Crippen LogP contribution in [-0.2, 0) is 16.2 Å². The smallest absolute Gasteiger partial charge is 0.335 e. The van der Waals surface area contributed by atoms with Gasteiger partial charge < -0.3 is 4.74 Å². The van der Waals surface area contributed by atoms with Gasteiger partial charge in [0.05, 0.1) is 5.69 Å². The Hall–Kier alpha value is -3.75. The fourth-order valence-corrected chi connectivity index (χ4v) is 4.92. The average molecular weight is 620 g/mol. The first-order chi connectivity index (χ1) is 17.8. The van der Waals surface area contributed by atoms with Crippen LogP contribution >= 0.6 is 31.9 Å². The number of hydrogen-bond acceptors (Lipinski definition) is 4. The number of hydrogen-bond donors (Lipinski definition) is 1. The van der Waals surface area contributed by atoms with E-state index in [1.807, 2.05) is 60.7 Å². The lowest BCUT2D eigenvalue weighted by Gasteiger charge is -2.27. The maximum absolute atomic E-state index is 13.6. The fraction of sp³-hybridized carbons (Fsp3) is 0.0690. The third-order valence-corrected chi connectivity index (χ3v) is 7.05. The maximum atomic E-state index is 13.6. The van der Waals surface area contributed by atoms with Crippen LogP contribution in [0.15, 0.2) is 93.4 Å². The molecule has 6 nitrogen and oxygen atoms in total. The number of imide groups is 2. The van der Waals surface area contributed by atoms with E-state index in [0.29, 0.717) is 29.2 Å². The number of fused-ring (bicyclic) bond motifs is 1. The van der Waals surface area contributed by atoms with Crippen molar-refractivity contribution in [2.75, 3.05) is 4.90 Å². The van der Waals surface area contributed by atoms with E-state index in [-0.39, 0.29) is 5.57 Å². The summed E-state index contributed by atoms with van der Waals surface area (Å²) in [6, 6.07) is 23.6. The highest BCUT2D eigenvalue weighted by Crippen LogP contribution is 2.33. The number of amides is 4. The van der Waals surface area contributed by atoms with Crippen LogP contribution in [0.25, 0.3) is 16.8 Å². The quantitative estimate of drug-likeness (QED) is 0.194. The summed E-state index contributed by atoms with van der Waals surface area (Å²) in [4.78, 5) is 40.2. The standard InChI is InChI=1S/C29H20Br2N2O4/c1-17-14-21(31)11-12-25(17)33-28(35)24(27(34)32-29(33)36)15-23-22-5-3-2-4-19(22)8-13-26(23)37-16-18-6-9-20(30)10-7-18/h2-15H,16H2,1H3,(H,32,34,36)/b24-15-. The molecule has 4 aromatic carbocycles. The molecule has 0 unspecified atom stereocenters. The van der Waals surface area contributed by atoms with Crippen LogP contribution < -0.4 is 15.0 Å². The molecule has 4 aromatic rings. The lowest BCUT2D eigenvalue weighted by Crippen LogP contribution is -2.54. The molecule has 0 spiro atoms. The highest BCUT2D eigenvalue weighted by molar-refractivity contribution is 9.10. The second-order valence-corrected chi connectivity index (χ2v) is 10.3. The Kier molecular flexibility index (Phi) is 6.95. The minimum atomic E-state index is -0.790. The molecule has 1 N–H and O–H groups in total. The highest BCUT2D eigenvalue weighted by Gasteiger charge is 2.37. The van der Waals surface area contributed by atoms with Crippen molar-refractivity contribution in [1.29, 1.82) is 0 Å². The molecule has 37 heavy (non-hydrogen) atoms. The number of halogens is 2. The Labute approximate surface area is 230 Å². The van der Waals surface area contributed by atoms with Crippen LogP contribution in [0, 0.1) is 6.92 Å². The van der Waals surface area contributed by atoms with Crippen LogP contribution in [0.2, 0.25) is 0 Å². The van der Waals surface area contributed by atoms with Gasteiger partial charge in [-0.25, -0.2) is 9.69 Å². The molecule has 5 rings (SSSR count). The predicted molar refractivity (Wildman–Crippen MR) is 150 cm³/mol. The van der Waals surface area contributed by atoms with E-state index in [4.69, 9.17) is 4.74 Å². The summed E-state index contributed by atoms with van der Waals surface area (Å²) in [5.41, 5.74) is 2.48. The summed E-state index contributed by atoms with van der Waals surface area (Å²) < 4.78 is 7.94. The molecule has 1 aliphatic rings. The highest BCUT2D eigenvalue weighted by atomic mass is 79.9. The number of rotatable bonds is 5. The van der Waals surface area contributed by atoms with E-state index in [9.17, 15) is 14.4 Å². The van der Waals surface area contributed by atoms with E-state index < -0.39 is 17.8 Å². The van der Waals surface area contributed by atoms with Crippen molar-refractivity contribution in [2.24, 2.45) is 0 Å². The van der Waals surface area contributed by atoms with E-state index in [2.05, 4.69) is 37.2 Å². The molecule has 184 valence electrons. The zero-order valence-corrected chi connectivity index (χ0v) is 22.8. The molecular weight excluding hydrogens is 600 g/mol. The zero-order chi connectivity index (χ0) is 26.1. The largest absolute Gasteiger partial charge is 0.488 e. The number of nitrogens with zero attached hydrogens (tertiary/aromatic N) is 1. The van der Waals surface area contributed by atoms with Gasteiger partial charge in [0.2, 0.25) is 0 Å². The number of benzene rings is 4. The van der Waals surface area contributed by atoms with Crippen LogP contribution in [0.1, 0.15) is 16.7 Å². The molecule has 0 radical (unpaired) electrons. The minimum Gasteiger partial charge on any atom is -0.488 e. The van der Waals surface area contributed by atoms with Crippen molar-refractivity contribution in [1.82, 2.24) is 5.32 Å². The summed E-state index contributed by atoms with van der Waals surface area (Å²) in [5, 5.41) is 4.04. The van der Waals surface area contributed by atoms with Gasteiger partial charge in [0.1, 0.15) is 17.9 Å². The van der Waals surface area contributed by atoms with Crippen LogP contribution in [0.4, 0.5) is 10.5 Å². The van der Waals surface area contributed by atoms with Crippen LogP contribution in [0.5, 0.6) is 5.75 Å². The Morgan fingerprint density at radius 2 is 1.62 bits per heavy atom. The van der Waals surface area contributed by atoms with Crippen molar-refractivity contribution in [3.8, 4) is 5.75 Å². The number of nitrogens with one attached hydrogen (secondary N) is 1. The van der Waals surface area contributed by atoms with Gasteiger partial charge in [0.15, 0.2) is 0 Å². The molecule has 1 aliphatic heterocycles. The molecule has 1 saturated heterocycles. The molecule has 0 aromatic heterocycles. The summed E-state index contributed by atoms with van der Waals surface area (Å²) in [6.45, 7) is 2.09. The number of barbiturate groups is 1. The lowest BCUT2D eigenvalue weighted by molar-refractivity contribution is -0.122. The lowest BCUT2D eigenvalue weighted by atomic mass is 9.99. The summed E-state index contributed by atoms with van der Waals surface area (Å²) in [5.74, 6) is -0.947. The number of anilines is 1. The third kappa shape index (κ3) is 5.08. The van der Waals surface area contributed by atoms with E-state index >= 15 is 0 Å². The fourth-order valence-electron chi connectivity index (χ4n) is 4.18. The second-order valence-electron chi connectivity index (χ2n) is 8.50. The topological polar surface area (TPSA) is 75.7 Å². The molecule has 8 heteroatoms. The number of carbonyl (C=O) groups is 3. The van der Waals surface area contributed by atoms with Gasteiger partial charge in [-0.2, -0.15) is 0 Å². The molecule has 1 heterocycles. The van der Waals surface area contributed by atoms with Crippen molar-refractivity contribution in [3.05, 3.63) is 110 Å². The van der Waals surface area contributed by atoms with Crippen LogP contribution in [-0.4, -0.2) is 17.8 Å². The molecular formula is C29H20Br2N2O4. The SMILES string of the molecule is Cc1cc(Br)ccc1N1C(=O)NC(=O)/C(=C/c2c(OCc3ccc(Br)cc3)ccc3ccccc23)C1=O. The number of ether oxygens (including phenoxy) is 1. The molecule has 4 amide bonds. The van der Waals surface area contributed by atoms with Crippen molar-refractivity contribution in [3.63, 3.8) is 0 Å². The Bertz CT molecular complexity index is 1600. The van der Waals surface area contributed by atoms with Crippen molar-refractivity contribution in [2.45, 2.75) is 13.5 Å². The molecule has 0 aliphatic carbocycles. The van der Waals surface area contributed by atoms with Gasteiger partial charge in [-0.05, 0) is 71.3 Å². The number of urea groups is 1. The van der Waals surface area contributed by atoms with Crippen LogP contribution in [0.3, 0.4) is 0 Å². The first-order valence-electron chi connectivity index (χ1n) is 11.4. The third-order valence-electron chi connectivity index (χ3n) is 6.03. The van der Waals surface area contributed by atoms with Gasteiger partial charge in [-0.3, -0.25) is 14.9 Å². The van der Waals surface area contributed by atoms with Crippen molar-refractivity contribution < 1.29 is 19.1 Å². The van der Waals surface area contributed by atoms with E-state index in [1.54, 1.807) is 25.1 Å². The van der Waals surface area contributed by atoms with Gasteiger partial charge in [0.25, 0.3) is 11.8 Å². The second kappa shape index (κ2) is 10.3. The minimum absolute atomic E-state index is 0.160. The van der Waals surface area contributed by atoms with E-state index in [1.165, 1.54) is 6.08 Å². The molecule has 0 saturated carbocycles. The number of carbonyl (C=O) groups excluding carboxylic acids is 3. The molecule has 1 fully saturated rings. The summed E-state index contributed by atoms with van der Waals surface area (Å²) in [7, 11) is 0. The van der Waals surface area contributed by atoms with Gasteiger partial charge >= 0.3 is 6.03 Å². The first kappa shape index (κ1) is 24.9. The summed E-state index contributed by atoms with van der Waals surface area (Å²) in [6.07, 6.45) is 1.50. The van der Waals surface area contributed by atoms with Gasteiger partial charge in [-0.1, -0.05) is 74.3 Å². The summed E-state index contributed by atoms with van der Waals surface area (Å²) >= 11 is 6.83.